The molecule has 0 amide bonds. The van der Waals surface area contributed by atoms with E-state index < -0.39 is 0 Å². The normalized spacial score (nSPS) is 10.4. The largest absolute Gasteiger partial charge is 0.339 e. The summed E-state index contributed by atoms with van der Waals surface area (Å²) in [5.74, 6) is 1.52. The zero-order valence-corrected chi connectivity index (χ0v) is 12.5. The highest BCUT2D eigenvalue weighted by Crippen LogP contribution is 2.26. The number of rotatable bonds is 3. The quantitative estimate of drug-likeness (QED) is 0.843. The van der Waals surface area contributed by atoms with Gasteiger partial charge in [0.2, 0.25) is 0 Å². The van der Waals surface area contributed by atoms with Crippen LogP contribution in [-0.2, 0) is 6.42 Å². The van der Waals surface area contributed by atoms with Crippen molar-refractivity contribution in [3.05, 3.63) is 45.3 Å². The molecule has 1 aromatic carbocycles. The average molecular weight is 327 g/mol. The maximum atomic E-state index is 6.14. The van der Waals surface area contributed by atoms with E-state index in [9.17, 15) is 0 Å². The summed E-state index contributed by atoms with van der Waals surface area (Å²) >= 11 is 9.52. The van der Waals surface area contributed by atoms with E-state index in [-0.39, 0.29) is 0 Å². The third kappa shape index (κ3) is 3.21. The maximum Gasteiger partial charge on any atom is 0.135 e. The predicted molar refractivity (Wildman–Crippen MR) is 78.6 cm³/mol. The molecule has 0 aliphatic carbocycles. The molecule has 18 heavy (non-hydrogen) atoms. The van der Waals surface area contributed by atoms with Crippen LogP contribution in [0.25, 0.3) is 0 Å². The fourth-order valence-electron chi connectivity index (χ4n) is 1.56. The van der Waals surface area contributed by atoms with Crippen LogP contribution < -0.4 is 5.32 Å². The van der Waals surface area contributed by atoms with Gasteiger partial charge in [-0.1, -0.05) is 24.6 Å². The summed E-state index contributed by atoms with van der Waals surface area (Å²) in [7, 11) is 0. The lowest BCUT2D eigenvalue weighted by molar-refractivity contribution is 0.931. The lowest BCUT2D eigenvalue weighted by atomic mass is 10.2. The molecule has 2 aromatic rings. The summed E-state index contributed by atoms with van der Waals surface area (Å²) in [5.41, 5.74) is 2.00. The van der Waals surface area contributed by atoms with Gasteiger partial charge in [0.05, 0.1) is 10.7 Å². The van der Waals surface area contributed by atoms with Gasteiger partial charge < -0.3 is 5.32 Å². The summed E-state index contributed by atoms with van der Waals surface area (Å²) in [4.78, 5) is 8.67. The zero-order chi connectivity index (χ0) is 13.1. The van der Waals surface area contributed by atoms with Crippen LogP contribution in [0, 0.1) is 6.92 Å². The smallest absolute Gasteiger partial charge is 0.135 e. The van der Waals surface area contributed by atoms with Gasteiger partial charge in [-0.2, -0.15) is 0 Å². The van der Waals surface area contributed by atoms with Gasteiger partial charge in [-0.05, 0) is 40.5 Å². The van der Waals surface area contributed by atoms with E-state index in [2.05, 4.69) is 31.2 Å². The number of aromatic nitrogens is 2. The lowest BCUT2D eigenvalue weighted by Gasteiger charge is -2.09. The van der Waals surface area contributed by atoms with Gasteiger partial charge in [0.15, 0.2) is 0 Å². The van der Waals surface area contributed by atoms with Crippen LogP contribution in [0.3, 0.4) is 0 Å². The Hall–Kier alpha value is -1.13. The number of nitrogens with zero attached hydrogens (tertiary/aromatic N) is 2. The van der Waals surface area contributed by atoms with Crippen molar-refractivity contribution in [3.63, 3.8) is 0 Å². The highest BCUT2D eigenvalue weighted by molar-refractivity contribution is 9.10. The molecule has 1 N–H and O–H groups in total. The van der Waals surface area contributed by atoms with Crippen molar-refractivity contribution < 1.29 is 0 Å². The Morgan fingerprint density at radius 3 is 2.78 bits per heavy atom. The summed E-state index contributed by atoms with van der Waals surface area (Å²) in [6.45, 7) is 4.04. The van der Waals surface area contributed by atoms with E-state index in [1.807, 2.05) is 38.1 Å². The first kappa shape index (κ1) is 13.3. The minimum atomic E-state index is 0.674. The SMILES string of the molecule is CCc1nc(Br)cc(Nc2cc(C)ccc2Cl)n1. The molecule has 0 aliphatic rings. The minimum Gasteiger partial charge on any atom is -0.339 e. The van der Waals surface area contributed by atoms with Gasteiger partial charge in [-0.3, -0.25) is 0 Å². The summed E-state index contributed by atoms with van der Waals surface area (Å²) < 4.78 is 0.764. The van der Waals surface area contributed by atoms with Crippen LogP contribution in [0.2, 0.25) is 5.02 Å². The molecule has 0 aliphatic heterocycles. The first-order valence-electron chi connectivity index (χ1n) is 5.65. The van der Waals surface area contributed by atoms with Crippen molar-refractivity contribution in [1.29, 1.82) is 0 Å². The number of aryl methyl sites for hydroxylation is 2. The Kier molecular flexibility index (Phi) is 4.19. The number of hydrogen-bond acceptors (Lipinski definition) is 3. The molecule has 0 bridgehead atoms. The van der Waals surface area contributed by atoms with E-state index in [4.69, 9.17) is 11.6 Å². The molecular weight excluding hydrogens is 314 g/mol. The van der Waals surface area contributed by atoms with Crippen LogP contribution in [0.15, 0.2) is 28.9 Å². The van der Waals surface area contributed by atoms with Gasteiger partial charge in [-0.25, -0.2) is 9.97 Å². The predicted octanol–water partition coefficient (Wildman–Crippen LogP) is 4.51. The van der Waals surface area contributed by atoms with Gasteiger partial charge in [0.1, 0.15) is 16.2 Å². The molecule has 0 saturated carbocycles. The molecule has 0 radical (unpaired) electrons. The second kappa shape index (κ2) is 5.67. The molecule has 1 aromatic heterocycles. The Bertz CT molecular complexity index is 572. The summed E-state index contributed by atoms with van der Waals surface area (Å²) in [5, 5.41) is 3.89. The molecule has 1 heterocycles. The van der Waals surface area contributed by atoms with Crippen molar-refractivity contribution in [1.82, 2.24) is 9.97 Å². The number of anilines is 2. The molecule has 0 fully saturated rings. The topological polar surface area (TPSA) is 37.8 Å². The molecule has 0 atom stereocenters. The molecule has 5 heteroatoms. The van der Waals surface area contributed by atoms with Crippen molar-refractivity contribution in [2.45, 2.75) is 20.3 Å². The van der Waals surface area contributed by atoms with Crippen molar-refractivity contribution in [3.8, 4) is 0 Å². The highest BCUT2D eigenvalue weighted by Gasteiger charge is 2.05. The van der Waals surface area contributed by atoms with Gasteiger partial charge >= 0.3 is 0 Å². The second-order valence-corrected chi connectivity index (χ2v) is 5.17. The van der Waals surface area contributed by atoms with E-state index in [0.717, 1.165) is 33.9 Å². The van der Waals surface area contributed by atoms with Crippen molar-refractivity contribution >= 4 is 39.0 Å². The van der Waals surface area contributed by atoms with Crippen LogP contribution in [0.5, 0.6) is 0 Å². The summed E-state index contributed by atoms with van der Waals surface area (Å²) in [6.07, 6.45) is 0.787. The van der Waals surface area contributed by atoms with Crippen molar-refractivity contribution in [2.75, 3.05) is 5.32 Å². The highest BCUT2D eigenvalue weighted by atomic mass is 79.9. The molecule has 94 valence electrons. The Morgan fingerprint density at radius 1 is 1.28 bits per heavy atom. The van der Waals surface area contributed by atoms with E-state index in [1.54, 1.807) is 0 Å². The summed E-state index contributed by atoms with van der Waals surface area (Å²) in [6, 6.07) is 7.67. The fourth-order valence-corrected chi connectivity index (χ4v) is 2.15. The Morgan fingerprint density at radius 2 is 2.06 bits per heavy atom. The van der Waals surface area contributed by atoms with Crippen molar-refractivity contribution in [2.24, 2.45) is 0 Å². The number of halogens is 2. The Balaban J connectivity index is 2.33. The molecule has 0 saturated heterocycles. The number of nitrogens with one attached hydrogen (secondary N) is 1. The van der Waals surface area contributed by atoms with Crippen LogP contribution in [0.1, 0.15) is 18.3 Å². The third-order valence-corrected chi connectivity index (χ3v) is 3.18. The monoisotopic (exact) mass is 325 g/mol. The first-order chi connectivity index (χ1) is 8.58. The first-order valence-corrected chi connectivity index (χ1v) is 6.82. The number of benzene rings is 1. The average Bonchev–Trinajstić information content (AvgIpc) is 2.33. The van der Waals surface area contributed by atoms with Crippen LogP contribution in [0.4, 0.5) is 11.5 Å². The van der Waals surface area contributed by atoms with Crippen LogP contribution in [-0.4, -0.2) is 9.97 Å². The van der Waals surface area contributed by atoms with Gasteiger partial charge in [0.25, 0.3) is 0 Å². The molecule has 0 unspecified atom stereocenters. The molecule has 2 rings (SSSR count). The van der Waals surface area contributed by atoms with E-state index >= 15 is 0 Å². The van der Waals surface area contributed by atoms with Gasteiger partial charge in [-0.15, -0.1) is 0 Å². The van der Waals surface area contributed by atoms with E-state index in [0.29, 0.717) is 5.02 Å². The zero-order valence-electron chi connectivity index (χ0n) is 10.2. The third-order valence-electron chi connectivity index (χ3n) is 2.44. The van der Waals surface area contributed by atoms with Crippen LogP contribution >= 0.6 is 27.5 Å². The molecule has 3 nitrogen and oxygen atoms in total. The fraction of sp³-hybridized carbons (Fsp3) is 0.231. The molecule has 0 spiro atoms. The Labute approximate surface area is 120 Å². The maximum absolute atomic E-state index is 6.14. The number of hydrogen-bond donors (Lipinski definition) is 1. The minimum absolute atomic E-state index is 0.674. The lowest BCUT2D eigenvalue weighted by Crippen LogP contribution is -2.00. The standard InChI is InChI=1S/C13H13BrClN3/c1-3-12-17-11(14)7-13(18-12)16-10-6-8(2)4-5-9(10)15/h4-7H,3H2,1-2H3,(H,16,17,18). The van der Waals surface area contributed by atoms with Gasteiger partial charge in [0, 0.05) is 12.5 Å². The van der Waals surface area contributed by atoms with E-state index in [1.165, 1.54) is 0 Å². The second-order valence-electron chi connectivity index (χ2n) is 3.95. The molecular formula is C13H13BrClN3.